The number of nitrogens with one attached hydrogen (secondary N) is 1. The van der Waals surface area contributed by atoms with Crippen LogP contribution in [0.4, 0.5) is 4.39 Å². The number of unbranched alkanes of at least 4 members (excludes halogenated alkanes) is 2. The molecule has 1 atom stereocenters. The zero-order chi connectivity index (χ0) is 22.9. The van der Waals surface area contributed by atoms with Crippen molar-refractivity contribution < 1.29 is 23.8 Å². The van der Waals surface area contributed by atoms with Crippen molar-refractivity contribution in [1.29, 1.82) is 0 Å². The van der Waals surface area contributed by atoms with Crippen LogP contribution in [0.15, 0.2) is 23.1 Å². The Bertz CT molecular complexity index is 1070. The highest BCUT2D eigenvalue weighted by Gasteiger charge is 2.48. The van der Waals surface area contributed by atoms with Gasteiger partial charge in [0.2, 0.25) is 5.43 Å². The minimum absolute atomic E-state index is 0.0115. The van der Waals surface area contributed by atoms with Crippen LogP contribution >= 0.6 is 0 Å². The van der Waals surface area contributed by atoms with Gasteiger partial charge in [0.15, 0.2) is 17.3 Å². The second-order valence-corrected chi connectivity index (χ2v) is 9.11. The molecule has 2 aromatic rings. The normalized spacial score (nSPS) is 18.7. The van der Waals surface area contributed by atoms with Crippen LogP contribution in [0.1, 0.15) is 80.1 Å². The van der Waals surface area contributed by atoms with E-state index in [0.717, 1.165) is 50.3 Å². The number of ether oxygens (including phenoxy) is 2. The number of rotatable bonds is 9. The maximum Gasteiger partial charge on any atom is 0.341 e. The smallest absolute Gasteiger partial charge is 0.341 e. The summed E-state index contributed by atoms with van der Waals surface area (Å²) < 4.78 is 26.6. The van der Waals surface area contributed by atoms with E-state index in [2.05, 4.69) is 11.9 Å². The number of methoxy groups -OCH3 is 1. The summed E-state index contributed by atoms with van der Waals surface area (Å²) in [6.45, 7) is 2.70. The molecule has 2 fully saturated rings. The van der Waals surface area contributed by atoms with Gasteiger partial charge in [-0.25, -0.2) is 9.18 Å². The van der Waals surface area contributed by atoms with E-state index < -0.39 is 22.8 Å². The van der Waals surface area contributed by atoms with Gasteiger partial charge < -0.3 is 19.6 Å². The summed E-state index contributed by atoms with van der Waals surface area (Å²) in [7, 11) is 1.53. The number of hydrogen-bond donors (Lipinski definition) is 2. The van der Waals surface area contributed by atoms with Crippen LogP contribution in [0, 0.1) is 11.2 Å². The van der Waals surface area contributed by atoms with Gasteiger partial charge in [-0.3, -0.25) is 4.79 Å². The molecule has 0 bridgehead atoms. The quantitative estimate of drug-likeness (QED) is 0.499. The summed E-state index contributed by atoms with van der Waals surface area (Å²) in [6.07, 6.45) is 9.78. The van der Waals surface area contributed by atoms with E-state index in [9.17, 15) is 9.59 Å². The Morgan fingerprint density at radius 1 is 1.25 bits per heavy atom. The molecule has 1 heterocycles. The average Bonchev–Trinajstić information content (AvgIpc) is 3.41. The van der Waals surface area contributed by atoms with Crippen molar-refractivity contribution in [3.8, 4) is 22.8 Å². The van der Waals surface area contributed by atoms with E-state index in [4.69, 9.17) is 14.6 Å². The minimum Gasteiger partial charge on any atom is -0.493 e. The van der Waals surface area contributed by atoms with Gasteiger partial charge in [0.25, 0.3) is 0 Å². The first-order valence-electron chi connectivity index (χ1n) is 11.4. The monoisotopic (exact) mass is 443 g/mol. The lowest BCUT2D eigenvalue weighted by molar-refractivity contribution is 0.0694. The standard InChI is InChI=1S/C25H30FNO5/c1-3-4-5-10-32-20-11-16(15-6-7-25(13-15)8-9-25)17(12-19(20)31-2)22-21(26)23(28)18(14-27-22)24(29)30/h11-12,14-15H,3-10,13H2,1-2H3,(H,27,28)(H,29,30)/t15-/m0/s1. The van der Waals surface area contributed by atoms with Crippen LogP contribution in [0.2, 0.25) is 0 Å². The number of hydrogen-bond acceptors (Lipinski definition) is 4. The van der Waals surface area contributed by atoms with E-state index >= 15 is 4.39 Å². The zero-order valence-corrected chi connectivity index (χ0v) is 18.6. The fraction of sp³-hybridized carbons (Fsp3) is 0.520. The molecule has 2 aliphatic rings. The molecule has 0 unspecified atom stereocenters. The highest BCUT2D eigenvalue weighted by atomic mass is 19.1. The predicted octanol–water partition coefficient (Wildman–Crippen LogP) is 5.50. The van der Waals surface area contributed by atoms with E-state index in [0.29, 0.717) is 29.1 Å². The van der Waals surface area contributed by atoms with E-state index in [-0.39, 0.29) is 11.6 Å². The molecule has 7 heteroatoms. The van der Waals surface area contributed by atoms with E-state index in [1.165, 1.54) is 20.0 Å². The second-order valence-electron chi connectivity index (χ2n) is 9.11. The van der Waals surface area contributed by atoms with Crippen molar-refractivity contribution in [3.63, 3.8) is 0 Å². The molecule has 172 valence electrons. The molecule has 0 aliphatic heterocycles. The lowest BCUT2D eigenvalue weighted by Crippen LogP contribution is -2.20. The Kier molecular flexibility index (Phi) is 6.26. The fourth-order valence-electron chi connectivity index (χ4n) is 4.90. The molecular formula is C25H30FNO5. The van der Waals surface area contributed by atoms with E-state index in [1.807, 2.05) is 6.07 Å². The highest BCUT2D eigenvalue weighted by molar-refractivity contribution is 5.87. The van der Waals surface area contributed by atoms with Gasteiger partial charge in [0, 0.05) is 11.8 Å². The van der Waals surface area contributed by atoms with Crippen LogP contribution in [-0.2, 0) is 0 Å². The molecule has 32 heavy (non-hydrogen) atoms. The fourth-order valence-corrected chi connectivity index (χ4v) is 4.90. The molecule has 0 amide bonds. The van der Waals surface area contributed by atoms with Crippen LogP contribution in [-0.4, -0.2) is 29.8 Å². The first-order chi connectivity index (χ1) is 15.4. The van der Waals surface area contributed by atoms with Crippen LogP contribution in [0.5, 0.6) is 11.5 Å². The number of aromatic nitrogens is 1. The largest absolute Gasteiger partial charge is 0.493 e. The number of H-pyrrole nitrogens is 1. The zero-order valence-electron chi connectivity index (χ0n) is 18.6. The highest BCUT2D eigenvalue weighted by Crippen LogP contribution is 2.62. The maximum atomic E-state index is 15.1. The number of benzene rings is 1. The van der Waals surface area contributed by atoms with Crippen LogP contribution in [0.25, 0.3) is 11.3 Å². The Morgan fingerprint density at radius 3 is 2.66 bits per heavy atom. The lowest BCUT2D eigenvalue weighted by atomic mass is 9.89. The number of aromatic carboxylic acids is 1. The second kappa shape index (κ2) is 8.96. The van der Waals surface area contributed by atoms with Crippen molar-refractivity contribution in [3.05, 3.63) is 45.5 Å². The van der Waals surface area contributed by atoms with Crippen LogP contribution < -0.4 is 14.9 Å². The van der Waals surface area contributed by atoms with Crippen molar-refractivity contribution in [2.75, 3.05) is 13.7 Å². The van der Waals surface area contributed by atoms with Gasteiger partial charge in [-0.2, -0.15) is 0 Å². The summed E-state index contributed by atoms with van der Waals surface area (Å²) in [6, 6.07) is 3.63. The van der Waals surface area contributed by atoms with Crippen molar-refractivity contribution in [1.82, 2.24) is 4.98 Å². The lowest BCUT2D eigenvalue weighted by Gasteiger charge is -2.21. The SMILES string of the molecule is CCCCCOc1cc([C@H]2CCC3(CC3)C2)c(-c2[nH]cc(C(=O)O)c(=O)c2F)cc1OC. The third-order valence-electron chi connectivity index (χ3n) is 6.96. The molecule has 1 aromatic heterocycles. The summed E-state index contributed by atoms with van der Waals surface area (Å²) in [5, 5.41) is 9.16. The Hall–Kier alpha value is -2.83. The predicted molar refractivity (Wildman–Crippen MR) is 119 cm³/mol. The van der Waals surface area contributed by atoms with Gasteiger partial charge in [-0.05, 0) is 67.6 Å². The number of carbonyl (C=O) groups is 1. The number of aromatic amines is 1. The van der Waals surface area contributed by atoms with Gasteiger partial charge in [-0.1, -0.05) is 19.8 Å². The third-order valence-corrected chi connectivity index (χ3v) is 6.96. The molecule has 6 nitrogen and oxygen atoms in total. The summed E-state index contributed by atoms with van der Waals surface area (Å²) in [5.74, 6) is -1.26. The molecule has 0 radical (unpaired) electrons. The summed E-state index contributed by atoms with van der Waals surface area (Å²) in [4.78, 5) is 26.3. The van der Waals surface area contributed by atoms with Crippen LogP contribution in [0.3, 0.4) is 0 Å². The number of carboxylic acids is 1. The summed E-state index contributed by atoms with van der Waals surface area (Å²) >= 11 is 0. The Labute approximate surface area is 186 Å². The van der Waals surface area contributed by atoms with Gasteiger partial charge in [0.1, 0.15) is 5.56 Å². The van der Waals surface area contributed by atoms with Crippen molar-refractivity contribution >= 4 is 5.97 Å². The molecule has 4 rings (SSSR count). The molecule has 1 spiro atoms. The van der Waals surface area contributed by atoms with Crippen molar-refractivity contribution in [2.24, 2.45) is 5.41 Å². The third kappa shape index (κ3) is 4.25. The number of carboxylic acid groups (broad SMARTS) is 1. The minimum atomic E-state index is -1.46. The van der Waals surface area contributed by atoms with Gasteiger partial charge in [-0.15, -0.1) is 0 Å². The maximum absolute atomic E-state index is 15.1. The molecule has 1 aromatic carbocycles. The average molecular weight is 444 g/mol. The number of pyridine rings is 1. The Balaban J connectivity index is 1.79. The molecule has 0 saturated heterocycles. The molecule has 2 aliphatic carbocycles. The molecule has 2 saturated carbocycles. The van der Waals surface area contributed by atoms with Gasteiger partial charge >= 0.3 is 5.97 Å². The molecular weight excluding hydrogens is 413 g/mol. The van der Waals surface area contributed by atoms with Gasteiger partial charge in [0.05, 0.1) is 19.4 Å². The topological polar surface area (TPSA) is 88.6 Å². The van der Waals surface area contributed by atoms with E-state index in [1.54, 1.807) is 6.07 Å². The first-order valence-corrected chi connectivity index (χ1v) is 11.4. The first kappa shape index (κ1) is 22.4. The number of halogens is 1. The molecule has 2 N–H and O–H groups in total. The Morgan fingerprint density at radius 2 is 2.03 bits per heavy atom. The summed E-state index contributed by atoms with van der Waals surface area (Å²) in [5.41, 5.74) is 0.0928. The van der Waals surface area contributed by atoms with Crippen molar-refractivity contribution in [2.45, 2.75) is 64.2 Å².